The van der Waals surface area contributed by atoms with Gasteiger partial charge in [0.15, 0.2) is 5.96 Å². The highest BCUT2D eigenvalue weighted by atomic mass is 16.5. The lowest BCUT2D eigenvalue weighted by Gasteiger charge is -2.57. The Morgan fingerprint density at radius 1 is 1.45 bits per heavy atom. The average Bonchev–Trinajstić information content (AvgIpc) is 3.09. The number of nitrogens with zero attached hydrogens (tertiary/aromatic N) is 1. The van der Waals surface area contributed by atoms with Gasteiger partial charge in [-0.15, -0.1) is 6.42 Å². The predicted octanol–water partition coefficient (Wildman–Crippen LogP) is 1.52. The summed E-state index contributed by atoms with van der Waals surface area (Å²) in [5, 5.41) is 6.96. The maximum atomic E-state index is 6.01. The molecule has 110 valence electrons. The number of rotatable bonds is 3. The highest BCUT2D eigenvalue weighted by Crippen LogP contribution is 2.60. The first-order valence-electron chi connectivity index (χ1n) is 7.92. The SMILES string of the molecule is C#CCN=C(NCC)NC1C2CCOC2C12CCCC2. The second-order valence-corrected chi connectivity index (χ2v) is 6.21. The van der Waals surface area contributed by atoms with E-state index in [9.17, 15) is 0 Å². The van der Waals surface area contributed by atoms with Crippen LogP contribution in [0.4, 0.5) is 0 Å². The standard InChI is InChI=1S/C16H25N3O/c1-3-10-18-15(17-4-2)19-13-12-7-11-20-14(12)16(13)8-5-6-9-16/h1,12-14H,4-11H2,2H3,(H2,17,18,19). The molecular weight excluding hydrogens is 250 g/mol. The molecule has 4 heteroatoms. The molecule has 1 saturated heterocycles. The molecule has 0 radical (unpaired) electrons. The summed E-state index contributed by atoms with van der Waals surface area (Å²) in [4.78, 5) is 4.44. The van der Waals surface area contributed by atoms with Gasteiger partial charge in [-0.1, -0.05) is 18.8 Å². The number of fused-ring (bicyclic) bond motifs is 2. The number of nitrogens with one attached hydrogen (secondary N) is 2. The first kappa shape index (κ1) is 13.8. The number of hydrogen-bond acceptors (Lipinski definition) is 2. The van der Waals surface area contributed by atoms with Gasteiger partial charge >= 0.3 is 0 Å². The van der Waals surface area contributed by atoms with Crippen LogP contribution in [0.5, 0.6) is 0 Å². The van der Waals surface area contributed by atoms with Gasteiger partial charge < -0.3 is 15.4 Å². The molecule has 0 aromatic carbocycles. The van der Waals surface area contributed by atoms with E-state index in [1.165, 1.54) is 32.1 Å². The van der Waals surface area contributed by atoms with Crippen molar-refractivity contribution in [3.05, 3.63) is 0 Å². The van der Waals surface area contributed by atoms with E-state index in [0.29, 0.717) is 30.0 Å². The van der Waals surface area contributed by atoms with Crippen molar-refractivity contribution >= 4 is 5.96 Å². The topological polar surface area (TPSA) is 45.7 Å². The molecule has 2 N–H and O–H groups in total. The predicted molar refractivity (Wildman–Crippen MR) is 80.5 cm³/mol. The maximum Gasteiger partial charge on any atom is 0.192 e. The lowest BCUT2D eigenvalue weighted by Crippen LogP contribution is -2.69. The van der Waals surface area contributed by atoms with E-state index in [0.717, 1.165) is 19.1 Å². The zero-order chi connectivity index (χ0) is 14.0. The van der Waals surface area contributed by atoms with Crippen molar-refractivity contribution in [2.75, 3.05) is 19.7 Å². The highest BCUT2D eigenvalue weighted by Gasteiger charge is 2.65. The van der Waals surface area contributed by atoms with Crippen molar-refractivity contribution in [1.82, 2.24) is 10.6 Å². The van der Waals surface area contributed by atoms with E-state index in [4.69, 9.17) is 11.2 Å². The van der Waals surface area contributed by atoms with Crippen LogP contribution in [0.1, 0.15) is 39.0 Å². The molecule has 0 aromatic rings. The number of ether oxygens (including phenoxy) is 1. The summed E-state index contributed by atoms with van der Waals surface area (Å²) in [6.45, 7) is 4.30. The summed E-state index contributed by atoms with van der Waals surface area (Å²) < 4.78 is 6.01. The summed E-state index contributed by atoms with van der Waals surface area (Å²) in [5.74, 6) is 4.10. The molecule has 2 saturated carbocycles. The van der Waals surface area contributed by atoms with Crippen LogP contribution in [-0.2, 0) is 4.74 Å². The molecule has 3 aliphatic rings. The maximum absolute atomic E-state index is 6.01. The fraction of sp³-hybridized carbons (Fsp3) is 0.812. The normalized spacial score (nSPS) is 34.4. The van der Waals surface area contributed by atoms with Crippen LogP contribution in [0.3, 0.4) is 0 Å². The lowest BCUT2D eigenvalue weighted by molar-refractivity contribution is -0.125. The molecule has 1 spiro atoms. The third-order valence-electron chi connectivity index (χ3n) is 5.25. The number of hydrogen-bond donors (Lipinski definition) is 2. The van der Waals surface area contributed by atoms with Crippen molar-refractivity contribution in [1.29, 1.82) is 0 Å². The minimum Gasteiger partial charge on any atom is -0.377 e. The zero-order valence-corrected chi connectivity index (χ0v) is 12.3. The van der Waals surface area contributed by atoms with Gasteiger partial charge in [-0.3, -0.25) is 0 Å². The Morgan fingerprint density at radius 2 is 2.25 bits per heavy atom. The van der Waals surface area contributed by atoms with Crippen LogP contribution >= 0.6 is 0 Å². The summed E-state index contributed by atoms with van der Waals surface area (Å²) in [7, 11) is 0. The third kappa shape index (κ3) is 2.09. The van der Waals surface area contributed by atoms with E-state index >= 15 is 0 Å². The van der Waals surface area contributed by atoms with Gasteiger partial charge in [-0.05, 0) is 26.2 Å². The molecule has 3 rings (SSSR count). The summed E-state index contributed by atoms with van der Waals surface area (Å²) in [6.07, 6.45) is 12.2. The molecule has 3 fully saturated rings. The van der Waals surface area contributed by atoms with Gasteiger partial charge in [-0.2, -0.15) is 0 Å². The van der Waals surface area contributed by atoms with Crippen molar-refractivity contribution in [3.63, 3.8) is 0 Å². The van der Waals surface area contributed by atoms with Crippen LogP contribution in [0.2, 0.25) is 0 Å². The van der Waals surface area contributed by atoms with E-state index in [2.05, 4.69) is 28.5 Å². The molecule has 0 amide bonds. The van der Waals surface area contributed by atoms with Crippen LogP contribution in [0, 0.1) is 23.7 Å². The van der Waals surface area contributed by atoms with E-state index in [-0.39, 0.29) is 0 Å². The van der Waals surface area contributed by atoms with E-state index in [1.54, 1.807) is 0 Å². The first-order chi connectivity index (χ1) is 9.81. The minimum atomic E-state index is 0.355. The Morgan fingerprint density at radius 3 is 2.95 bits per heavy atom. The number of terminal acetylenes is 1. The molecule has 2 aliphatic carbocycles. The van der Waals surface area contributed by atoms with Gasteiger partial charge in [0, 0.05) is 30.5 Å². The number of aliphatic imine (C=N–C) groups is 1. The van der Waals surface area contributed by atoms with Crippen molar-refractivity contribution < 1.29 is 4.74 Å². The van der Waals surface area contributed by atoms with Gasteiger partial charge in [0.2, 0.25) is 0 Å². The average molecular weight is 275 g/mol. The van der Waals surface area contributed by atoms with Gasteiger partial charge in [0.25, 0.3) is 0 Å². The van der Waals surface area contributed by atoms with Crippen LogP contribution in [0.25, 0.3) is 0 Å². The van der Waals surface area contributed by atoms with Gasteiger partial charge in [0.05, 0.1) is 6.10 Å². The van der Waals surface area contributed by atoms with Gasteiger partial charge in [-0.25, -0.2) is 4.99 Å². The highest BCUT2D eigenvalue weighted by molar-refractivity contribution is 5.80. The van der Waals surface area contributed by atoms with E-state index < -0.39 is 0 Å². The molecule has 0 bridgehead atoms. The third-order valence-corrected chi connectivity index (χ3v) is 5.25. The van der Waals surface area contributed by atoms with Crippen LogP contribution < -0.4 is 10.6 Å². The second kappa shape index (κ2) is 5.65. The Balaban J connectivity index is 1.73. The van der Waals surface area contributed by atoms with Crippen molar-refractivity contribution in [2.45, 2.75) is 51.2 Å². The number of guanidine groups is 1. The molecule has 3 unspecified atom stereocenters. The molecular formula is C16H25N3O. The Kier molecular flexibility index (Phi) is 3.89. The van der Waals surface area contributed by atoms with Gasteiger partial charge in [0.1, 0.15) is 6.54 Å². The Labute approximate surface area is 121 Å². The molecule has 3 atom stereocenters. The smallest absolute Gasteiger partial charge is 0.192 e. The molecule has 1 heterocycles. The fourth-order valence-corrected chi connectivity index (χ4v) is 4.50. The first-order valence-corrected chi connectivity index (χ1v) is 7.92. The zero-order valence-electron chi connectivity index (χ0n) is 12.3. The van der Waals surface area contributed by atoms with Crippen molar-refractivity contribution in [2.24, 2.45) is 16.3 Å². The quantitative estimate of drug-likeness (QED) is 0.466. The molecule has 1 aliphatic heterocycles. The molecule has 20 heavy (non-hydrogen) atoms. The second-order valence-electron chi connectivity index (χ2n) is 6.21. The Hall–Kier alpha value is -1.21. The summed E-state index contributed by atoms with van der Waals surface area (Å²) in [6, 6.07) is 0.507. The van der Waals surface area contributed by atoms with E-state index in [1.807, 2.05) is 0 Å². The molecule has 0 aromatic heterocycles. The van der Waals surface area contributed by atoms with Crippen LogP contribution in [0.15, 0.2) is 4.99 Å². The Bertz CT molecular complexity index is 420. The summed E-state index contributed by atoms with van der Waals surface area (Å²) >= 11 is 0. The fourth-order valence-electron chi connectivity index (χ4n) is 4.50. The lowest BCUT2D eigenvalue weighted by atomic mass is 9.54. The van der Waals surface area contributed by atoms with Crippen molar-refractivity contribution in [3.8, 4) is 12.3 Å². The van der Waals surface area contributed by atoms with Crippen LogP contribution in [-0.4, -0.2) is 37.8 Å². The minimum absolute atomic E-state index is 0.355. The molecule has 4 nitrogen and oxygen atoms in total. The summed E-state index contributed by atoms with van der Waals surface area (Å²) in [5.41, 5.74) is 0.355. The monoisotopic (exact) mass is 275 g/mol. The largest absolute Gasteiger partial charge is 0.377 e.